The van der Waals surface area contributed by atoms with Gasteiger partial charge in [0.25, 0.3) is 0 Å². The quantitative estimate of drug-likeness (QED) is 0.0361. The highest BCUT2D eigenvalue weighted by Gasteiger charge is 2.20. The number of carbonyl (C=O) groups is 1. The topological polar surface area (TPSA) is 89.8 Å². The van der Waals surface area contributed by atoms with Gasteiger partial charge in [0.1, 0.15) is 0 Å². The third kappa shape index (κ3) is 61.1. The summed E-state index contributed by atoms with van der Waals surface area (Å²) < 4.78 is 0. The fourth-order valence-electron chi connectivity index (χ4n) is 10.4. The molecule has 440 valence electrons. The molecule has 0 aromatic heterocycles. The molecule has 1 amide bonds. The lowest BCUT2D eigenvalue weighted by Crippen LogP contribution is -2.45. The Kier molecular flexibility index (Phi) is 62.9. The van der Waals surface area contributed by atoms with Crippen molar-refractivity contribution in [3.8, 4) is 0 Å². The van der Waals surface area contributed by atoms with Crippen LogP contribution < -0.4 is 5.32 Å². The summed E-state index contributed by atoms with van der Waals surface area (Å²) in [6, 6.07) is -0.771. The summed E-state index contributed by atoms with van der Waals surface area (Å²) in [5, 5.41) is 33.6. The lowest BCUT2D eigenvalue weighted by molar-refractivity contribution is -0.124. The van der Waals surface area contributed by atoms with Gasteiger partial charge in [-0.1, -0.05) is 331 Å². The molecule has 0 spiro atoms. The molecule has 4 N–H and O–H groups in total. The zero-order valence-electron chi connectivity index (χ0n) is 50.4. The molecule has 0 aliphatic carbocycles. The van der Waals surface area contributed by atoms with Gasteiger partial charge < -0.3 is 20.6 Å². The van der Waals surface area contributed by atoms with E-state index in [0.29, 0.717) is 6.42 Å². The largest absolute Gasteiger partial charge is 0.394 e. The van der Waals surface area contributed by atoms with Crippen LogP contribution in [-0.4, -0.2) is 46.1 Å². The number of allylic oxidation sites excluding steroid dienone is 9. The van der Waals surface area contributed by atoms with Crippen LogP contribution in [0.25, 0.3) is 0 Å². The molecule has 0 fully saturated rings. The summed E-state index contributed by atoms with van der Waals surface area (Å²) in [6.45, 7) is 4.24. The first-order valence-electron chi connectivity index (χ1n) is 33.6. The maximum absolute atomic E-state index is 12.6. The third-order valence-electron chi connectivity index (χ3n) is 15.5. The van der Waals surface area contributed by atoms with Crippen LogP contribution in [0, 0.1) is 0 Å². The fourth-order valence-corrected chi connectivity index (χ4v) is 10.4. The van der Waals surface area contributed by atoms with E-state index in [0.717, 1.165) is 44.9 Å². The minimum atomic E-state index is -0.964. The van der Waals surface area contributed by atoms with E-state index in [1.54, 1.807) is 6.08 Å². The smallest absolute Gasteiger partial charge is 0.222 e. The second kappa shape index (κ2) is 64.6. The SMILES string of the molecule is CCCCCCCCCCCCCCC/C=C\C/C=C\CCCCCCCCCCCCCCCCCC(O)CC(=O)NC(CO)C(O)/C=C/CC/C=C/CC/C=C/CCCCCCCCCCCCCCCCC. The van der Waals surface area contributed by atoms with Crippen LogP contribution in [0.15, 0.2) is 60.8 Å². The molecule has 0 aliphatic rings. The standard InChI is InChI=1S/C70H131NO4/c1-3-5-7-9-11-13-15-17-19-21-23-25-27-29-30-31-32-33-34-35-36-37-38-40-41-43-45-47-49-51-53-55-57-59-61-63-67(73)65-70(75)71-68(66-72)69(74)64-62-60-58-56-54-52-50-48-46-44-42-39-28-26-24-22-20-18-16-14-12-10-8-6-4-2/h30-31,33-34,46,48,54,56,62,64,67-69,72-74H,3-29,32,35-45,47,49-53,55,57-61,63,65-66H2,1-2H3,(H,71,75)/b31-30-,34-33-,48-46+,56-54+,64-62+. The Morgan fingerprint density at radius 3 is 0.933 bits per heavy atom. The summed E-state index contributed by atoms with van der Waals surface area (Å²) in [6.07, 6.45) is 88.9. The van der Waals surface area contributed by atoms with E-state index in [1.807, 2.05) is 6.08 Å². The van der Waals surface area contributed by atoms with Crippen molar-refractivity contribution in [2.45, 2.75) is 372 Å². The van der Waals surface area contributed by atoms with Crippen LogP contribution in [0.2, 0.25) is 0 Å². The highest BCUT2D eigenvalue weighted by atomic mass is 16.3. The summed E-state index contributed by atoms with van der Waals surface area (Å²) in [5.41, 5.74) is 0. The molecule has 0 aromatic rings. The van der Waals surface area contributed by atoms with Crippen molar-refractivity contribution in [1.29, 1.82) is 0 Å². The number of aliphatic hydroxyl groups excluding tert-OH is 3. The van der Waals surface area contributed by atoms with Crippen LogP contribution >= 0.6 is 0 Å². The summed E-state index contributed by atoms with van der Waals surface area (Å²) in [7, 11) is 0. The maximum atomic E-state index is 12.6. The minimum absolute atomic E-state index is 0.00185. The van der Waals surface area contributed by atoms with Crippen LogP contribution in [0.4, 0.5) is 0 Å². The molecule has 0 heterocycles. The molecule has 5 heteroatoms. The molecule has 0 saturated carbocycles. The van der Waals surface area contributed by atoms with Gasteiger partial charge in [-0.15, -0.1) is 0 Å². The highest BCUT2D eigenvalue weighted by Crippen LogP contribution is 2.18. The molecule has 3 unspecified atom stereocenters. The normalized spacial score (nSPS) is 13.5. The number of rotatable bonds is 62. The van der Waals surface area contributed by atoms with Gasteiger partial charge in [-0.2, -0.15) is 0 Å². The van der Waals surface area contributed by atoms with Crippen molar-refractivity contribution < 1.29 is 20.1 Å². The monoisotopic (exact) mass is 1050 g/mol. The number of nitrogens with one attached hydrogen (secondary N) is 1. The van der Waals surface area contributed by atoms with E-state index in [1.165, 1.54) is 283 Å². The Morgan fingerprint density at radius 2 is 0.613 bits per heavy atom. The Hall–Kier alpha value is -1.95. The predicted molar refractivity (Wildman–Crippen MR) is 333 cm³/mol. The number of hydrogen-bond donors (Lipinski definition) is 4. The zero-order chi connectivity index (χ0) is 54.3. The first kappa shape index (κ1) is 73.0. The lowest BCUT2D eigenvalue weighted by atomic mass is 10.0. The van der Waals surface area contributed by atoms with Gasteiger partial charge in [0.2, 0.25) is 5.91 Å². The van der Waals surface area contributed by atoms with Gasteiger partial charge in [-0.3, -0.25) is 4.79 Å². The van der Waals surface area contributed by atoms with E-state index in [4.69, 9.17) is 0 Å². The van der Waals surface area contributed by atoms with E-state index in [2.05, 4.69) is 67.8 Å². The molecule has 3 atom stereocenters. The van der Waals surface area contributed by atoms with Gasteiger partial charge in [-0.05, 0) is 77.0 Å². The molecule has 0 saturated heterocycles. The molecule has 0 bridgehead atoms. The van der Waals surface area contributed by atoms with Crippen molar-refractivity contribution >= 4 is 5.91 Å². The third-order valence-corrected chi connectivity index (χ3v) is 15.5. The Balaban J connectivity index is 3.56. The molecule has 0 rings (SSSR count). The average molecular weight is 1050 g/mol. The van der Waals surface area contributed by atoms with Gasteiger partial charge in [-0.25, -0.2) is 0 Å². The van der Waals surface area contributed by atoms with Crippen molar-refractivity contribution in [2.24, 2.45) is 0 Å². The van der Waals surface area contributed by atoms with Crippen molar-refractivity contribution in [3.63, 3.8) is 0 Å². The highest BCUT2D eigenvalue weighted by molar-refractivity contribution is 5.76. The Morgan fingerprint density at radius 1 is 0.347 bits per heavy atom. The molecule has 0 radical (unpaired) electrons. The van der Waals surface area contributed by atoms with E-state index >= 15 is 0 Å². The average Bonchev–Trinajstić information content (AvgIpc) is 3.41. The minimum Gasteiger partial charge on any atom is -0.394 e. The van der Waals surface area contributed by atoms with Crippen LogP contribution in [-0.2, 0) is 4.79 Å². The van der Waals surface area contributed by atoms with Gasteiger partial charge in [0.05, 0.1) is 31.3 Å². The number of hydrogen-bond acceptors (Lipinski definition) is 4. The zero-order valence-corrected chi connectivity index (χ0v) is 50.4. The summed E-state index contributed by atoms with van der Waals surface area (Å²) in [5.74, 6) is -0.326. The van der Waals surface area contributed by atoms with Crippen molar-refractivity contribution in [2.75, 3.05) is 6.61 Å². The molecular formula is C70H131NO4. The molecule has 0 aliphatic heterocycles. The second-order valence-corrected chi connectivity index (χ2v) is 23.1. The first-order valence-corrected chi connectivity index (χ1v) is 33.6. The number of amides is 1. The van der Waals surface area contributed by atoms with Gasteiger partial charge >= 0.3 is 0 Å². The van der Waals surface area contributed by atoms with Crippen molar-refractivity contribution in [3.05, 3.63) is 60.8 Å². The first-order chi connectivity index (χ1) is 37.0. The molecular weight excluding hydrogens is 919 g/mol. The maximum Gasteiger partial charge on any atom is 0.222 e. The lowest BCUT2D eigenvalue weighted by Gasteiger charge is -2.21. The predicted octanol–water partition coefficient (Wildman–Crippen LogP) is 21.7. The van der Waals surface area contributed by atoms with E-state index in [9.17, 15) is 20.1 Å². The van der Waals surface area contributed by atoms with Gasteiger partial charge in [0, 0.05) is 0 Å². The van der Waals surface area contributed by atoms with E-state index < -0.39 is 18.2 Å². The number of unbranched alkanes of at least 4 members (excludes halogenated alkanes) is 45. The number of aliphatic hydroxyl groups is 3. The Labute approximate surface area is 469 Å². The molecule has 75 heavy (non-hydrogen) atoms. The van der Waals surface area contributed by atoms with Crippen LogP contribution in [0.3, 0.4) is 0 Å². The second-order valence-electron chi connectivity index (χ2n) is 23.1. The summed E-state index contributed by atoms with van der Waals surface area (Å²) in [4.78, 5) is 12.6. The van der Waals surface area contributed by atoms with Crippen LogP contribution in [0.1, 0.15) is 354 Å². The van der Waals surface area contributed by atoms with Crippen molar-refractivity contribution in [1.82, 2.24) is 5.32 Å². The molecule has 5 nitrogen and oxygen atoms in total. The summed E-state index contributed by atoms with van der Waals surface area (Å²) >= 11 is 0. The number of carbonyl (C=O) groups excluding carboxylic acids is 1. The fraction of sp³-hybridized carbons (Fsp3) is 0.843. The molecule has 0 aromatic carbocycles. The van der Waals surface area contributed by atoms with E-state index in [-0.39, 0.29) is 18.9 Å². The Bertz CT molecular complexity index is 1250. The van der Waals surface area contributed by atoms with Gasteiger partial charge in [0.15, 0.2) is 0 Å². The van der Waals surface area contributed by atoms with Crippen LogP contribution in [0.5, 0.6) is 0 Å².